The fourth-order valence-corrected chi connectivity index (χ4v) is 3.19. The summed E-state index contributed by atoms with van der Waals surface area (Å²) in [7, 11) is 3.89. The van der Waals surface area contributed by atoms with Crippen LogP contribution in [0.1, 0.15) is 32.6 Å². The summed E-state index contributed by atoms with van der Waals surface area (Å²) in [6, 6.07) is 0. The van der Waals surface area contributed by atoms with Gasteiger partial charge in [-0.1, -0.05) is 20.8 Å². The summed E-state index contributed by atoms with van der Waals surface area (Å²) in [6.45, 7) is 10.3. The molecule has 1 fully saturated rings. The molecule has 0 aromatic carbocycles. The van der Waals surface area contributed by atoms with E-state index in [1.54, 1.807) is 12.4 Å². The standard InChI is InChI=1S/C19H28N6O/c1-19(2,3)12-25-6-7-26-16(11-25)17-15(14-8-20-13-21-9-14)10-22-18(23-17)24(4)5/h8-10,13,16H,6-7,11-12H2,1-5H3. The van der Waals surface area contributed by atoms with Crippen LogP contribution in [0, 0.1) is 5.41 Å². The summed E-state index contributed by atoms with van der Waals surface area (Å²) in [6.07, 6.45) is 6.87. The summed E-state index contributed by atoms with van der Waals surface area (Å²) in [4.78, 5) is 21.9. The Morgan fingerprint density at radius 1 is 1.19 bits per heavy atom. The van der Waals surface area contributed by atoms with Crippen LogP contribution in [-0.4, -0.2) is 65.2 Å². The van der Waals surface area contributed by atoms with Crippen molar-refractivity contribution in [3.63, 3.8) is 0 Å². The smallest absolute Gasteiger partial charge is 0.225 e. The Kier molecular flexibility index (Phi) is 5.48. The zero-order valence-corrected chi connectivity index (χ0v) is 16.3. The highest BCUT2D eigenvalue weighted by atomic mass is 16.5. The van der Waals surface area contributed by atoms with Crippen LogP contribution in [0.25, 0.3) is 11.1 Å². The van der Waals surface area contributed by atoms with Gasteiger partial charge >= 0.3 is 0 Å². The second-order valence-corrected chi connectivity index (χ2v) is 8.15. The molecule has 0 amide bonds. The molecule has 7 heteroatoms. The Balaban J connectivity index is 1.95. The molecule has 0 radical (unpaired) electrons. The monoisotopic (exact) mass is 356 g/mol. The van der Waals surface area contributed by atoms with Crippen molar-refractivity contribution >= 4 is 5.95 Å². The van der Waals surface area contributed by atoms with Gasteiger partial charge in [-0.3, -0.25) is 4.90 Å². The van der Waals surface area contributed by atoms with Crippen LogP contribution in [-0.2, 0) is 4.74 Å². The second-order valence-electron chi connectivity index (χ2n) is 8.15. The maximum atomic E-state index is 6.11. The number of rotatable bonds is 4. The lowest BCUT2D eigenvalue weighted by Gasteiger charge is -2.37. The molecule has 1 unspecified atom stereocenters. The number of ether oxygens (including phenoxy) is 1. The predicted molar refractivity (Wildman–Crippen MR) is 102 cm³/mol. The normalized spacial score (nSPS) is 18.7. The number of hydrogen-bond acceptors (Lipinski definition) is 7. The third kappa shape index (κ3) is 4.53. The van der Waals surface area contributed by atoms with Crippen molar-refractivity contribution in [1.82, 2.24) is 24.8 Å². The van der Waals surface area contributed by atoms with Gasteiger partial charge in [0, 0.05) is 63.4 Å². The van der Waals surface area contributed by atoms with Crippen molar-refractivity contribution in [1.29, 1.82) is 0 Å². The maximum absolute atomic E-state index is 6.11. The Morgan fingerprint density at radius 2 is 1.92 bits per heavy atom. The van der Waals surface area contributed by atoms with E-state index < -0.39 is 0 Å². The van der Waals surface area contributed by atoms with E-state index >= 15 is 0 Å². The van der Waals surface area contributed by atoms with E-state index in [2.05, 4.69) is 40.6 Å². The van der Waals surface area contributed by atoms with E-state index in [0.717, 1.165) is 36.5 Å². The molecule has 7 nitrogen and oxygen atoms in total. The van der Waals surface area contributed by atoms with E-state index in [1.807, 2.05) is 25.2 Å². The van der Waals surface area contributed by atoms with Crippen molar-refractivity contribution in [2.75, 3.05) is 45.2 Å². The van der Waals surface area contributed by atoms with Crippen LogP contribution in [0.5, 0.6) is 0 Å². The predicted octanol–water partition coefficient (Wildman–Crippen LogP) is 2.42. The minimum Gasteiger partial charge on any atom is -0.369 e. The SMILES string of the molecule is CN(C)c1ncc(-c2cncnc2)c(C2CN(CC(C)(C)C)CCO2)n1. The topological polar surface area (TPSA) is 67.3 Å². The van der Waals surface area contributed by atoms with Crippen molar-refractivity contribution < 1.29 is 4.74 Å². The molecule has 1 aliphatic heterocycles. The Bertz CT molecular complexity index is 729. The molecule has 0 bridgehead atoms. The van der Waals surface area contributed by atoms with Gasteiger partial charge in [0.2, 0.25) is 5.95 Å². The van der Waals surface area contributed by atoms with E-state index in [0.29, 0.717) is 12.6 Å². The van der Waals surface area contributed by atoms with Gasteiger partial charge in [0.25, 0.3) is 0 Å². The highest BCUT2D eigenvalue weighted by molar-refractivity contribution is 5.64. The first-order chi connectivity index (χ1) is 12.3. The number of hydrogen-bond donors (Lipinski definition) is 0. The van der Waals surface area contributed by atoms with Crippen molar-refractivity contribution in [2.45, 2.75) is 26.9 Å². The average Bonchev–Trinajstić information content (AvgIpc) is 2.60. The van der Waals surface area contributed by atoms with Gasteiger partial charge in [-0.15, -0.1) is 0 Å². The van der Waals surface area contributed by atoms with E-state index in [4.69, 9.17) is 9.72 Å². The molecule has 0 spiro atoms. The quantitative estimate of drug-likeness (QED) is 0.833. The summed E-state index contributed by atoms with van der Waals surface area (Å²) >= 11 is 0. The largest absolute Gasteiger partial charge is 0.369 e. The summed E-state index contributed by atoms with van der Waals surface area (Å²) in [5.41, 5.74) is 2.98. The summed E-state index contributed by atoms with van der Waals surface area (Å²) < 4.78 is 6.11. The lowest BCUT2D eigenvalue weighted by atomic mass is 9.95. The van der Waals surface area contributed by atoms with E-state index in [9.17, 15) is 0 Å². The molecule has 2 aromatic rings. The van der Waals surface area contributed by atoms with Crippen LogP contribution < -0.4 is 4.90 Å². The highest BCUT2D eigenvalue weighted by Gasteiger charge is 2.28. The van der Waals surface area contributed by atoms with Crippen LogP contribution in [0.15, 0.2) is 24.9 Å². The third-order valence-corrected chi connectivity index (χ3v) is 4.23. The highest BCUT2D eigenvalue weighted by Crippen LogP contribution is 2.31. The molecule has 0 aliphatic carbocycles. The van der Waals surface area contributed by atoms with Gasteiger partial charge in [-0.05, 0) is 5.41 Å². The molecule has 3 heterocycles. The van der Waals surface area contributed by atoms with Crippen LogP contribution in [0.2, 0.25) is 0 Å². The molecular formula is C19H28N6O. The third-order valence-electron chi connectivity index (χ3n) is 4.23. The fourth-order valence-electron chi connectivity index (χ4n) is 3.19. The van der Waals surface area contributed by atoms with Gasteiger partial charge in [0.05, 0.1) is 12.3 Å². The first-order valence-electron chi connectivity index (χ1n) is 8.97. The lowest BCUT2D eigenvalue weighted by molar-refractivity contribution is -0.0404. The van der Waals surface area contributed by atoms with Gasteiger partial charge in [-0.25, -0.2) is 19.9 Å². The molecule has 1 atom stereocenters. The average molecular weight is 356 g/mol. The number of aromatic nitrogens is 4. The van der Waals surface area contributed by atoms with E-state index in [-0.39, 0.29) is 11.5 Å². The molecule has 140 valence electrons. The zero-order valence-electron chi connectivity index (χ0n) is 16.3. The Labute approximate surface area is 155 Å². The van der Waals surface area contributed by atoms with Crippen molar-refractivity contribution in [3.8, 4) is 11.1 Å². The van der Waals surface area contributed by atoms with Gasteiger partial charge in [-0.2, -0.15) is 0 Å². The molecule has 2 aromatic heterocycles. The molecule has 26 heavy (non-hydrogen) atoms. The molecular weight excluding hydrogens is 328 g/mol. The van der Waals surface area contributed by atoms with Crippen molar-refractivity contribution in [2.24, 2.45) is 5.41 Å². The Morgan fingerprint density at radius 3 is 2.58 bits per heavy atom. The minimum atomic E-state index is -0.0944. The van der Waals surface area contributed by atoms with E-state index in [1.165, 1.54) is 6.33 Å². The van der Waals surface area contributed by atoms with Gasteiger partial charge < -0.3 is 9.64 Å². The van der Waals surface area contributed by atoms with Crippen molar-refractivity contribution in [3.05, 3.63) is 30.6 Å². The molecule has 0 saturated carbocycles. The molecule has 1 saturated heterocycles. The Hall–Kier alpha value is -2.12. The summed E-state index contributed by atoms with van der Waals surface area (Å²) in [5, 5.41) is 0. The molecule has 0 N–H and O–H groups in total. The van der Waals surface area contributed by atoms with Crippen LogP contribution in [0.4, 0.5) is 5.95 Å². The number of morpholine rings is 1. The zero-order chi connectivity index (χ0) is 18.7. The number of nitrogens with zero attached hydrogens (tertiary/aromatic N) is 6. The summed E-state index contributed by atoms with van der Waals surface area (Å²) in [5.74, 6) is 0.678. The van der Waals surface area contributed by atoms with Gasteiger partial charge in [0.1, 0.15) is 12.4 Å². The van der Waals surface area contributed by atoms with Gasteiger partial charge in [0.15, 0.2) is 0 Å². The molecule has 1 aliphatic rings. The van der Waals surface area contributed by atoms with Crippen LogP contribution in [0.3, 0.4) is 0 Å². The minimum absolute atomic E-state index is 0.0944. The second kappa shape index (κ2) is 7.63. The number of anilines is 1. The first kappa shape index (κ1) is 18.7. The molecule has 3 rings (SSSR count). The lowest BCUT2D eigenvalue weighted by Crippen LogP contribution is -2.42. The fraction of sp³-hybridized carbons (Fsp3) is 0.579. The maximum Gasteiger partial charge on any atom is 0.225 e. The first-order valence-corrected chi connectivity index (χ1v) is 8.97. The van der Waals surface area contributed by atoms with Crippen LogP contribution >= 0.6 is 0 Å².